The molecule has 0 radical (unpaired) electrons. The monoisotopic (exact) mass is 138 g/mol. The maximum absolute atomic E-state index is 3.84. The van der Waals surface area contributed by atoms with Gasteiger partial charge in [-0.1, -0.05) is 13.8 Å². The molecule has 0 heterocycles. The van der Waals surface area contributed by atoms with Gasteiger partial charge >= 0.3 is 0 Å². The fourth-order valence-corrected chi connectivity index (χ4v) is 0.814. The number of nitrogens with zero attached hydrogens (tertiary/aromatic N) is 2. The van der Waals surface area contributed by atoms with Crippen molar-refractivity contribution < 1.29 is 0 Å². The SMILES string of the molecule is C=N/C(CC)=C(/CC)N=C. The minimum Gasteiger partial charge on any atom is -0.267 e. The molecule has 0 aliphatic rings. The Morgan fingerprint density at radius 1 is 1.00 bits per heavy atom. The molecule has 10 heavy (non-hydrogen) atoms. The maximum atomic E-state index is 3.84. The lowest BCUT2D eigenvalue weighted by atomic mass is 10.2. The van der Waals surface area contributed by atoms with Gasteiger partial charge in [0.15, 0.2) is 0 Å². The van der Waals surface area contributed by atoms with Crippen molar-refractivity contribution in [1.82, 2.24) is 0 Å². The van der Waals surface area contributed by atoms with Gasteiger partial charge in [-0.25, -0.2) is 0 Å². The van der Waals surface area contributed by atoms with E-state index in [9.17, 15) is 0 Å². The molecule has 2 heteroatoms. The van der Waals surface area contributed by atoms with E-state index in [1.54, 1.807) is 0 Å². The summed E-state index contributed by atoms with van der Waals surface area (Å²) in [5.74, 6) is 0. The highest BCUT2D eigenvalue weighted by Gasteiger charge is 1.96. The average molecular weight is 138 g/mol. The number of allylic oxidation sites excluding steroid dienone is 2. The zero-order chi connectivity index (χ0) is 7.98. The average Bonchev–Trinajstić information content (AvgIpc) is 2.00. The van der Waals surface area contributed by atoms with E-state index in [-0.39, 0.29) is 0 Å². The molecule has 0 spiro atoms. The first-order valence-corrected chi connectivity index (χ1v) is 3.45. The van der Waals surface area contributed by atoms with Crippen LogP contribution in [0.4, 0.5) is 0 Å². The van der Waals surface area contributed by atoms with Crippen LogP contribution in [0.2, 0.25) is 0 Å². The van der Waals surface area contributed by atoms with Crippen LogP contribution in [0.3, 0.4) is 0 Å². The minimum atomic E-state index is 0.881. The van der Waals surface area contributed by atoms with E-state index in [2.05, 4.69) is 23.4 Å². The van der Waals surface area contributed by atoms with Crippen LogP contribution in [0.5, 0.6) is 0 Å². The molecule has 0 saturated heterocycles. The van der Waals surface area contributed by atoms with Crippen LogP contribution < -0.4 is 0 Å². The maximum Gasteiger partial charge on any atom is 0.0607 e. The second-order valence-corrected chi connectivity index (χ2v) is 1.92. The first kappa shape index (κ1) is 9.08. The van der Waals surface area contributed by atoms with Crippen LogP contribution in [0.15, 0.2) is 21.4 Å². The Labute approximate surface area is 62.4 Å². The molecule has 0 rings (SSSR count). The number of aliphatic imine (C=N–C) groups is 2. The molecule has 0 unspecified atom stereocenters. The first-order chi connectivity index (χ1) is 4.79. The Bertz CT molecular complexity index is 139. The van der Waals surface area contributed by atoms with Gasteiger partial charge in [-0.2, -0.15) is 0 Å². The predicted molar refractivity (Wildman–Crippen MR) is 46.7 cm³/mol. The summed E-state index contributed by atoms with van der Waals surface area (Å²) in [4.78, 5) is 7.69. The largest absolute Gasteiger partial charge is 0.267 e. The van der Waals surface area contributed by atoms with E-state index >= 15 is 0 Å². The van der Waals surface area contributed by atoms with Crippen molar-refractivity contribution in [1.29, 1.82) is 0 Å². The fraction of sp³-hybridized carbons (Fsp3) is 0.500. The van der Waals surface area contributed by atoms with Gasteiger partial charge in [0.05, 0.1) is 11.4 Å². The highest BCUT2D eigenvalue weighted by molar-refractivity contribution is 5.34. The Kier molecular flexibility index (Phi) is 4.46. The number of hydrogen-bond donors (Lipinski definition) is 0. The van der Waals surface area contributed by atoms with Crippen LogP contribution >= 0.6 is 0 Å². The molecular formula is C8H14N2. The molecule has 0 aromatic rings. The Morgan fingerprint density at radius 2 is 1.30 bits per heavy atom. The van der Waals surface area contributed by atoms with Gasteiger partial charge in [-0.3, -0.25) is 9.98 Å². The van der Waals surface area contributed by atoms with Gasteiger partial charge in [0.25, 0.3) is 0 Å². The van der Waals surface area contributed by atoms with Crippen LogP contribution in [0.25, 0.3) is 0 Å². The normalized spacial score (nSPS) is 12.2. The van der Waals surface area contributed by atoms with Crippen molar-refractivity contribution in [2.24, 2.45) is 9.98 Å². The number of hydrogen-bond acceptors (Lipinski definition) is 2. The fourth-order valence-electron chi connectivity index (χ4n) is 0.814. The molecule has 0 N–H and O–H groups in total. The molecule has 0 aliphatic heterocycles. The molecule has 0 atom stereocenters. The third-order valence-corrected chi connectivity index (χ3v) is 1.38. The lowest BCUT2D eigenvalue weighted by molar-refractivity contribution is 0.956. The van der Waals surface area contributed by atoms with E-state index < -0.39 is 0 Å². The van der Waals surface area contributed by atoms with Gasteiger partial charge < -0.3 is 0 Å². The van der Waals surface area contributed by atoms with Crippen molar-refractivity contribution in [3.8, 4) is 0 Å². The molecule has 0 aromatic carbocycles. The van der Waals surface area contributed by atoms with Gasteiger partial charge in [-0.15, -0.1) is 0 Å². The van der Waals surface area contributed by atoms with Crippen LogP contribution in [-0.2, 0) is 0 Å². The van der Waals surface area contributed by atoms with Crippen molar-refractivity contribution in [3.05, 3.63) is 11.4 Å². The predicted octanol–water partition coefficient (Wildman–Crippen LogP) is 2.42. The van der Waals surface area contributed by atoms with E-state index in [0.717, 1.165) is 24.2 Å². The zero-order valence-electron chi connectivity index (χ0n) is 6.72. The quantitative estimate of drug-likeness (QED) is 0.533. The summed E-state index contributed by atoms with van der Waals surface area (Å²) < 4.78 is 0. The standard InChI is InChI=1S/C8H14N2/c1-5-7(9-3)8(6-2)10-4/h3-6H2,1-2H3/b8-7-. The third-order valence-electron chi connectivity index (χ3n) is 1.38. The van der Waals surface area contributed by atoms with Crippen molar-refractivity contribution in [2.45, 2.75) is 26.7 Å². The van der Waals surface area contributed by atoms with Gasteiger partial charge in [-0.05, 0) is 26.3 Å². The molecule has 56 valence electrons. The number of rotatable bonds is 4. The van der Waals surface area contributed by atoms with E-state index in [1.807, 2.05) is 13.8 Å². The Balaban J connectivity index is 4.50. The molecule has 2 nitrogen and oxygen atoms in total. The summed E-state index contributed by atoms with van der Waals surface area (Å²) in [7, 11) is 0. The summed E-state index contributed by atoms with van der Waals surface area (Å²) in [5.41, 5.74) is 1.91. The van der Waals surface area contributed by atoms with E-state index in [4.69, 9.17) is 0 Å². The minimum absolute atomic E-state index is 0.881. The molecule has 0 aromatic heterocycles. The Morgan fingerprint density at radius 3 is 1.40 bits per heavy atom. The molecule has 0 aliphatic carbocycles. The summed E-state index contributed by atoms with van der Waals surface area (Å²) in [6, 6.07) is 0. The summed E-state index contributed by atoms with van der Waals surface area (Å²) in [5, 5.41) is 0. The second kappa shape index (κ2) is 4.91. The molecule has 0 bridgehead atoms. The van der Waals surface area contributed by atoms with E-state index in [0.29, 0.717) is 0 Å². The molecule has 0 fully saturated rings. The lowest BCUT2D eigenvalue weighted by Gasteiger charge is -2.00. The summed E-state index contributed by atoms with van der Waals surface area (Å²) in [6.45, 7) is 11.0. The van der Waals surface area contributed by atoms with Crippen molar-refractivity contribution in [2.75, 3.05) is 0 Å². The third kappa shape index (κ3) is 2.13. The Hall–Kier alpha value is -0.920. The van der Waals surface area contributed by atoms with Crippen LogP contribution in [0.1, 0.15) is 26.7 Å². The van der Waals surface area contributed by atoms with Crippen LogP contribution in [0, 0.1) is 0 Å². The highest BCUT2D eigenvalue weighted by Crippen LogP contribution is 2.13. The first-order valence-electron chi connectivity index (χ1n) is 3.45. The van der Waals surface area contributed by atoms with Gasteiger partial charge in [0, 0.05) is 0 Å². The van der Waals surface area contributed by atoms with Gasteiger partial charge in [0.1, 0.15) is 0 Å². The summed E-state index contributed by atoms with van der Waals surface area (Å²) >= 11 is 0. The van der Waals surface area contributed by atoms with Crippen LogP contribution in [-0.4, -0.2) is 13.4 Å². The van der Waals surface area contributed by atoms with Crippen molar-refractivity contribution in [3.63, 3.8) is 0 Å². The molecule has 0 saturated carbocycles. The van der Waals surface area contributed by atoms with Gasteiger partial charge in [0.2, 0.25) is 0 Å². The highest BCUT2D eigenvalue weighted by atomic mass is 14.8. The van der Waals surface area contributed by atoms with Crippen molar-refractivity contribution >= 4 is 13.4 Å². The summed E-state index contributed by atoms with van der Waals surface area (Å²) in [6.07, 6.45) is 1.76. The molecular weight excluding hydrogens is 124 g/mol. The smallest absolute Gasteiger partial charge is 0.0607 e. The molecule has 0 amide bonds. The zero-order valence-corrected chi connectivity index (χ0v) is 6.72. The topological polar surface area (TPSA) is 24.7 Å². The van der Waals surface area contributed by atoms with E-state index in [1.165, 1.54) is 0 Å². The second-order valence-electron chi connectivity index (χ2n) is 1.92. The lowest BCUT2D eigenvalue weighted by Crippen LogP contribution is -1.83.